The molecule has 1 fully saturated rings. The zero-order valence-corrected chi connectivity index (χ0v) is 10.9. The molecule has 1 aromatic rings. The van der Waals surface area contributed by atoms with Gasteiger partial charge in [-0.25, -0.2) is 0 Å². The molecule has 2 nitrogen and oxygen atoms in total. The van der Waals surface area contributed by atoms with Crippen LogP contribution in [0.2, 0.25) is 0 Å². The second-order valence-electron chi connectivity index (χ2n) is 5.24. The number of piperidine rings is 1. The summed E-state index contributed by atoms with van der Waals surface area (Å²) < 4.78 is 0. The SMILES string of the molecule is CCc1ccc(CN2CCC(C)C(O)C2)cc1. The van der Waals surface area contributed by atoms with Crippen LogP contribution in [-0.2, 0) is 13.0 Å². The largest absolute Gasteiger partial charge is 0.392 e. The Kier molecular flexibility index (Phi) is 4.19. The summed E-state index contributed by atoms with van der Waals surface area (Å²) in [5.41, 5.74) is 2.74. The zero-order chi connectivity index (χ0) is 12.3. The number of benzene rings is 1. The summed E-state index contributed by atoms with van der Waals surface area (Å²) in [4.78, 5) is 2.35. The lowest BCUT2D eigenvalue weighted by molar-refractivity contribution is 0.0259. The first-order valence-electron chi connectivity index (χ1n) is 6.67. The minimum Gasteiger partial charge on any atom is -0.392 e. The minimum absolute atomic E-state index is 0.154. The molecule has 1 heterocycles. The molecule has 0 saturated carbocycles. The molecule has 1 aliphatic rings. The number of hydrogen-bond acceptors (Lipinski definition) is 2. The molecule has 2 rings (SSSR count). The predicted molar refractivity (Wildman–Crippen MR) is 70.9 cm³/mol. The number of nitrogens with zero attached hydrogens (tertiary/aromatic N) is 1. The fourth-order valence-corrected chi connectivity index (χ4v) is 2.40. The number of aryl methyl sites for hydroxylation is 1. The molecule has 94 valence electrons. The lowest BCUT2D eigenvalue weighted by atomic mass is 9.95. The van der Waals surface area contributed by atoms with Gasteiger partial charge in [0.1, 0.15) is 0 Å². The maximum absolute atomic E-state index is 9.87. The Morgan fingerprint density at radius 2 is 1.88 bits per heavy atom. The van der Waals surface area contributed by atoms with E-state index in [0.717, 1.165) is 32.5 Å². The van der Waals surface area contributed by atoms with Gasteiger partial charge in [-0.2, -0.15) is 0 Å². The van der Waals surface area contributed by atoms with Crippen LogP contribution >= 0.6 is 0 Å². The Bertz CT molecular complexity index is 346. The van der Waals surface area contributed by atoms with E-state index in [1.165, 1.54) is 11.1 Å². The highest BCUT2D eigenvalue weighted by Crippen LogP contribution is 2.19. The van der Waals surface area contributed by atoms with Gasteiger partial charge in [0, 0.05) is 13.1 Å². The smallest absolute Gasteiger partial charge is 0.0693 e. The molecule has 0 amide bonds. The lowest BCUT2D eigenvalue weighted by Crippen LogP contribution is -2.42. The van der Waals surface area contributed by atoms with Gasteiger partial charge in [0.2, 0.25) is 0 Å². The standard InChI is InChI=1S/C15H23NO/c1-3-13-4-6-14(7-5-13)10-16-9-8-12(2)15(17)11-16/h4-7,12,15,17H,3,8-11H2,1-2H3. The molecule has 1 N–H and O–H groups in total. The second kappa shape index (κ2) is 5.65. The molecule has 0 aliphatic carbocycles. The van der Waals surface area contributed by atoms with Gasteiger partial charge in [-0.3, -0.25) is 4.90 Å². The first-order valence-corrected chi connectivity index (χ1v) is 6.67. The molecule has 0 radical (unpaired) electrons. The molecule has 0 spiro atoms. The van der Waals surface area contributed by atoms with Gasteiger partial charge in [0.25, 0.3) is 0 Å². The third-order valence-electron chi connectivity index (χ3n) is 3.84. The van der Waals surface area contributed by atoms with Crippen molar-refractivity contribution in [2.75, 3.05) is 13.1 Å². The van der Waals surface area contributed by atoms with Crippen molar-refractivity contribution >= 4 is 0 Å². The molecule has 2 unspecified atom stereocenters. The van der Waals surface area contributed by atoms with E-state index in [0.29, 0.717) is 5.92 Å². The molecule has 2 atom stereocenters. The van der Waals surface area contributed by atoms with E-state index >= 15 is 0 Å². The molecule has 1 aliphatic heterocycles. The Hall–Kier alpha value is -0.860. The van der Waals surface area contributed by atoms with Gasteiger partial charge in [-0.15, -0.1) is 0 Å². The third kappa shape index (κ3) is 3.30. The summed E-state index contributed by atoms with van der Waals surface area (Å²) in [7, 11) is 0. The van der Waals surface area contributed by atoms with Gasteiger partial charge in [0.05, 0.1) is 6.10 Å². The first-order chi connectivity index (χ1) is 8.19. The van der Waals surface area contributed by atoms with E-state index in [2.05, 4.69) is 43.0 Å². The molecule has 2 heteroatoms. The Labute approximate surface area is 104 Å². The van der Waals surface area contributed by atoms with E-state index in [1.54, 1.807) is 0 Å². The van der Waals surface area contributed by atoms with Crippen molar-refractivity contribution in [3.05, 3.63) is 35.4 Å². The summed E-state index contributed by atoms with van der Waals surface area (Å²) in [6, 6.07) is 8.84. The van der Waals surface area contributed by atoms with Crippen LogP contribution in [0.5, 0.6) is 0 Å². The average molecular weight is 233 g/mol. The van der Waals surface area contributed by atoms with Crippen LogP contribution in [0.4, 0.5) is 0 Å². The normalized spacial score (nSPS) is 26.1. The lowest BCUT2D eigenvalue weighted by Gasteiger charge is -2.34. The van der Waals surface area contributed by atoms with Gasteiger partial charge in [-0.1, -0.05) is 38.1 Å². The summed E-state index contributed by atoms with van der Waals surface area (Å²) in [6.07, 6.45) is 2.05. The molecular formula is C15H23NO. The Balaban J connectivity index is 1.92. The van der Waals surface area contributed by atoms with Gasteiger partial charge >= 0.3 is 0 Å². The van der Waals surface area contributed by atoms with Crippen molar-refractivity contribution < 1.29 is 5.11 Å². The maximum Gasteiger partial charge on any atom is 0.0693 e. The van der Waals surface area contributed by atoms with Crippen LogP contribution in [0.3, 0.4) is 0 Å². The number of hydrogen-bond donors (Lipinski definition) is 1. The van der Waals surface area contributed by atoms with Crippen LogP contribution in [0.15, 0.2) is 24.3 Å². The fraction of sp³-hybridized carbons (Fsp3) is 0.600. The van der Waals surface area contributed by atoms with Gasteiger partial charge < -0.3 is 5.11 Å². The highest BCUT2D eigenvalue weighted by Gasteiger charge is 2.23. The molecule has 0 bridgehead atoms. The van der Waals surface area contributed by atoms with Crippen molar-refractivity contribution in [3.63, 3.8) is 0 Å². The summed E-state index contributed by atoms with van der Waals surface area (Å²) >= 11 is 0. The van der Waals surface area contributed by atoms with Crippen molar-refractivity contribution in [1.29, 1.82) is 0 Å². The topological polar surface area (TPSA) is 23.5 Å². The number of rotatable bonds is 3. The van der Waals surface area contributed by atoms with Crippen molar-refractivity contribution in [3.8, 4) is 0 Å². The molecule has 17 heavy (non-hydrogen) atoms. The summed E-state index contributed by atoms with van der Waals surface area (Å²) in [5.74, 6) is 0.453. The molecule has 1 aromatic carbocycles. The van der Waals surface area contributed by atoms with Crippen molar-refractivity contribution in [2.45, 2.75) is 39.3 Å². The Morgan fingerprint density at radius 1 is 1.24 bits per heavy atom. The van der Waals surface area contributed by atoms with E-state index in [1.807, 2.05) is 0 Å². The van der Waals surface area contributed by atoms with Crippen LogP contribution in [0.1, 0.15) is 31.4 Å². The second-order valence-corrected chi connectivity index (χ2v) is 5.24. The zero-order valence-electron chi connectivity index (χ0n) is 10.9. The van der Waals surface area contributed by atoms with Crippen molar-refractivity contribution in [2.24, 2.45) is 5.92 Å². The van der Waals surface area contributed by atoms with Crippen LogP contribution in [0.25, 0.3) is 0 Å². The molecule has 1 saturated heterocycles. The summed E-state index contributed by atoms with van der Waals surface area (Å²) in [5, 5.41) is 9.87. The average Bonchev–Trinajstić information content (AvgIpc) is 2.35. The van der Waals surface area contributed by atoms with Gasteiger partial charge in [0.15, 0.2) is 0 Å². The predicted octanol–water partition coefficient (Wildman–Crippen LogP) is 2.45. The number of aliphatic hydroxyl groups is 1. The van der Waals surface area contributed by atoms with E-state index in [-0.39, 0.29) is 6.10 Å². The molecular weight excluding hydrogens is 210 g/mol. The van der Waals surface area contributed by atoms with Crippen LogP contribution in [0, 0.1) is 5.92 Å². The highest BCUT2D eigenvalue weighted by atomic mass is 16.3. The minimum atomic E-state index is -0.154. The van der Waals surface area contributed by atoms with Crippen LogP contribution < -0.4 is 0 Å². The molecule has 0 aromatic heterocycles. The van der Waals surface area contributed by atoms with Crippen LogP contribution in [-0.4, -0.2) is 29.2 Å². The number of β-amino-alcohol motifs (C(OH)–C–C–N with tert-alkyl or cyclic N) is 1. The van der Waals surface area contributed by atoms with E-state index in [9.17, 15) is 5.11 Å². The van der Waals surface area contributed by atoms with Gasteiger partial charge in [-0.05, 0) is 36.4 Å². The summed E-state index contributed by atoms with van der Waals surface area (Å²) in [6.45, 7) is 7.20. The monoisotopic (exact) mass is 233 g/mol. The first kappa shape index (κ1) is 12.6. The van der Waals surface area contributed by atoms with E-state index < -0.39 is 0 Å². The highest BCUT2D eigenvalue weighted by molar-refractivity contribution is 5.22. The van der Waals surface area contributed by atoms with E-state index in [4.69, 9.17) is 0 Å². The fourth-order valence-electron chi connectivity index (χ4n) is 2.40. The van der Waals surface area contributed by atoms with Crippen molar-refractivity contribution in [1.82, 2.24) is 4.90 Å². The maximum atomic E-state index is 9.87. The Morgan fingerprint density at radius 3 is 2.47 bits per heavy atom. The number of aliphatic hydroxyl groups excluding tert-OH is 1. The number of likely N-dealkylation sites (tertiary alicyclic amines) is 1. The quantitative estimate of drug-likeness (QED) is 0.867. The third-order valence-corrected chi connectivity index (χ3v) is 3.84.